The fraction of sp³-hybridized carbons (Fsp3) is 0.286. The monoisotopic (exact) mass is 592 g/mol. The molecule has 3 aromatic rings. The Balaban J connectivity index is 0.000000559. The van der Waals surface area contributed by atoms with E-state index in [1.54, 1.807) is 43.5 Å². The lowest BCUT2D eigenvalue weighted by atomic mass is 9.99. The van der Waals surface area contributed by atoms with E-state index in [2.05, 4.69) is 35.8 Å². The predicted octanol–water partition coefficient (Wildman–Crippen LogP) is 4.46. The van der Waals surface area contributed by atoms with Gasteiger partial charge in [-0.1, -0.05) is 36.4 Å². The molecule has 1 aliphatic heterocycles. The molecule has 4 rings (SSSR count). The Bertz CT molecular complexity index is 1540. The molecule has 0 amide bonds. The number of sulfonamides is 1. The smallest absolute Gasteiger partial charge is 0.232 e. The summed E-state index contributed by atoms with van der Waals surface area (Å²) in [6.45, 7) is 2.76. The third-order valence-corrected chi connectivity index (χ3v) is 7.45. The summed E-state index contributed by atoms with van der Waals surface area (Å²) in [4.78, 5) is 8.30. The van der Waals surface area contributed by atoms with E-state index in [9.17, 15) is 17.9 Å². The summed E-state index contributed by atoms with van der Waals surface area (Å²) in [5.74, 6) is -3.40. The molecule has 0 saturated carbocycles. The number of aliphatic imine (C=N–C) groups is 1. The molecule has 8 nitrogen and oxygen atoms in total. The number of hydrogen-bond acceptors (Lipinski definition) is 6. The molecule has 214 valence electrons. The third kappa shape index (κ3) is 7.85. The number of quaternary nitrogens is 1. The van der Waals surface area contributed by atoms with Crippen LogP contribution in [0.15, 0.2) is 53.7 Å². The van der Waals surface area contributed by atoms with Crippen LogP contribution in [-0.2, 0) is 10.0 Å². The van der Waals surface area contributed by atoms with E-state index in [1.807, 2.05) is 0 Å². The number of anilines is 1. The molecule has 1 aromatic heterocycles. The number of hydrogen-bond donors (Lipinski definition) is 2. The highest BCUT2D eigenvalue weighted by molar-refractivity contribution is 7.92. The van der Waals surface area contributed by atoms with E-state index < -0.39 is 38.7 Å². The zero-order chi connectivity index (χ0) is 29.7. The van der Waals surface area contributed by atoms with Gasteiger partial charge in [-0.05, 0) is 47.9 Å². The molecule has 0 atom stereocenters. The van der Waals surface area contributed by atoms with Crippen LogP contribution in [0.25, 0.3) is 22.5 Å². The largest absolute Gasteiger partial charge is 0.871 e. The van der Waals surface area contributed by atoms with Gasteiger partial charge in [0.1, 0.15) is 12.4 Å². The lowest BCUT2D eigenvalue weighted by Crippen LogP contribution is -2.36. The molecule has 2 heterocycles. The van der Waals surface area contributed by atoms with Gasteiger partial charge in [-0.15, -0.1) is 0 Å². The highest BCUT2D eigenvalue weighted by Gasteiger charge is 2.22. The van der Waals surface area contributed by atoms with Gasteiger partial charge in [-0.3, -0.25) is 4.72 Å². The quantitative estimate of drug-likeness (QED) is 0.296. The van der Waals surface area contributed by atoms with Gasteiger partial charge < -0.3 is 14.7 Å². The number of nitrogens with zero attached hydrogens (tertiary/aromatic N) is 3. The summed E-state index contributed by atoms with van der Waals surface area (Å²) in [5, 5.41) is 22.1. The van der Waals surface area contributed by atoms with Crippen LogP contribution >= 0.6 is 11.6 Å². The predicted molar refractivity (Wildman–Crippen MR) is 154 cm³/mol. The molecule has 2 N–H and O–H groups in total. The number of aliphatic hydroxyl groups excluding tert-OH is 1. The second-order valence-electron chi connectivity index (χ2n) is 10.0. The van der Waals surface area contributed by atoms with Crippen LogP contribution < -0.4 is 9.83 Å². The Morgan fingerprint density at radius 3 is 2.35 bits per heavy atom. The minimum atomic E-state index is -3.85. The van der Waals surface area contributed by atoms with E-state index in [4.69, 9.17) is 16.7 Å². The van der Waals surface area contributed by atoms with E-state index in [0.717, 1.165) is 28.7 Å². The van der Waals surface area contributed by atoms with Crippen molar-refractivity contribution in [3.8, 4) is 11.1 Å². The molecule has 0 spiro atoms. The summed E-state index contributed by atoms with van der Waals surface area (Å²) in [6.07, 6.45) is 3.06. The molecule has 40 heavy (non-hydrogen) atoms. The average molecular weight is 593 g/mol. The van der Waals surface area contributed by atoms with Crippen LogP contribution in [0.5, 0.6) is 0 Å². The van der Waals surface area contributed by atoms with Crippen molar-refractivity contribution in [2.45, 2.75) is 13.3 Å². The van der Waals surface area contributed by atoms with Crippen molar-refractivity contribution in [3.63, 3.8) is 0 Å². The molecule has 0 bridgehead atoms. The van der Waals surface area contributed by atoms with Crippen LogP contribution in [0.4, 0.5) is 20.3 Å². The molecule has 0 fully saturated rings. The van der Waals surface area contributed by atoms with E-state index in [-0.39, 0.29) is 23.8 Å². The summed E-state index contributed by atoms with van der Waals surface area (Å²) in [7, 11) is 2.31. The number of pyridine rings is 1. The highest BCUT2D eigenvalue weighted by atomic mass is 35.5. The number of fused-ring (bicyclic) bond motifs is 1. The summed E-state index contributed by atoms with van der Waals surface area (Å²) >= 11 is 5.93. The summed E-state index contributed by atoms with van der Waals surface area (Å²) in [5.41, 5.74) is 0.305. The number of aliphatic hydroxyl groups is 1. The summed E-state index contributed by atoms with van der Waals surface area (Å²) < 4.78 is 56.6. The Morgan fingerprint density at radius 2 is 1.77 bits per heavy atom. The van der Waals surface area contributed by atoms with E-state index >= 15 is 4.39 Å². The van der Waals surface area contributed by atoms with Crippen LogP contribution in [0, 0.1) is 11.6 Å². The van der Waals surface area contributed by atoms with Gasteiger partial charge >= 0.3 is 0 Å². The first-order valence-corrected chi connectivity index (χ1v) is 14.4. The van der Waals surface area contributed by atoms with Crippen molar-refractivity contribution in [1.29, 1.82) is 0 Å². The zero-order valence-corrected chi connectivity index (χ0v) is 24.2. The van der Waals surface area contributed by atoms with Crippen molar-refractivity contribution in [1.82, 2.24) is 4.98 Å². The highest BCUT2D eigenvalue weighted by Crippen LogP contribution is 2.37. The maximum atomic E-state index is 15.1. The first-order valence-electron chi connectivity index (χ1n) is 12.4. The lowest BCUT2D eigenvalue weighted by Gasteiger charge is -2.21. The molecular formula is C28H31ClF2N4O4S. The van der Waals surface area contributed by atoms with E-state index in [1.165, 1.54) is 6.21 Å². The number of benzene rings is 2. The van der Waals surface area contributed by atoms with E-state index in [0.29, 0.717) is 22.6 Å². The first-order chi connectivity index (χ1) is 18.8. The molecule has 0 saturated heterocycles. The maximum Gasteiger partial charge on any atom is 0.232 e. The normalized spacial score (nSPS) is 13.9. The SMILES string of the molecule is CCCS(=O)(=O)Nc1ccc(F)c(/C([O-])=C2\C=Nc3ncc(-c4ccc(Cl)cc4)cc32)c1F.C[N+](C)(C)CCO. The number of likely N-dealkylation sites (N-methyl/N-ethyl adjacent to an activating group) is 1. The van der Waals surface area contributed by atoms with Gasteiger partial charge in [0.25, 0.3) is 0 Å². The van der Waals surface area contributed by atoms with Crippen LogP contribution in [0.2, 0.25) is 5.02 Å². The van der Waals surface area contributed by atoms with Gasteiger partial charge in [0.2, 0.25) is 10.0 Å². The van der Waals surface area contributed by atoms with Crippen molar-refractivity contribution in [2.24, 2.45) is 4.99 Å². The Kier molecular flexibility index (Phi) is 10.0. The van der Waals surface area contributed by atoms with Crippen molar-refractivity contribution < 1.29 is 31.9 Å². The minimum absolute atomic E-state index is 0.0559. The number of allylic oxidation sites excluding steroid dienone is 1. The van der Waals surface area contributed by atoms with Gasteiger partial charge in [0, 0.05) is 34.1 Å². The van der Waals surface area contributed by atoms with Crippen LogP contribution in [-0.4, -0.2) is 69.3 Å². The average Bonchev–Trinajstić information content (AvgIpc) is 3.29. The Hall–Kier alpha value is -3.38. The molecular weight excluding hydrogens is 562 g/mol. The second kappa shape index (κ2) is 12.9. The van der Waals surface area contributed by atoms with Gasteiger partial charge in [0.15, 0.2) is 11.6 Å². The number of nitrogens with one attached hydrogen (secondary N) is 1. The third-order valence-electron chi connectivity index (χ3n) is 5.72. The molecule has 1 aliphatic rings. The zero-order valence-electron chi connectivity index (χ0n) is 22.6. The van der Waals surface area contributed by atoms with Crippen LogP contribution in [0.3, 0.4) is 0 Å². The second-order valence-corrected chi connectivity index (χ2v) is 12.3. The molecule has 0 radical (unpaired) electrons. The van der Waals surface area contributed by atoms with Crippen LogP contribution in [0.1, 0.15) is 24.5 Å². The van der Waals surface area contributed by atoms with Crippen molar-refractivity contribution in [3.05, 3.63) is 76.4 Å². The standard InChI is InChI=1S/C23H18ClF2N3O3S.C5H14NO/c1-2-9-33(31,32)29-19-8-7-18(25)20(21(19)26)22(30)17-12-28-23-16(17)10-14(11-27-23)13-3-5-15(24)6-4-13;1-6(2,3)4-5-7/h3-8,10-12,29-30H,2,9H2,1H3;7H,4-5H2,1-3H3/q;+1/p-1/b22-17-;. The van der Waals surface area contributed by atoms with Gasteiger partial charge in [0.05, 0.1) is 39.2 Å². The Labute approximate surface area is 237 Å². The number of halogens is 3. The molecule has 0 unspecified atom stereocenters. The molecule has 0 aliphatic carbocycles. The first kappa shape index (κ1) is 31.2. The Morgan fingerprint density at radius 1 is 1.10 bits per heavy atom. The number of rotatable bonds is 8. The molecule has 2 aromatic carbocycles. The topological polar surface area (TPSA) is 115 Å². The maximum absolute atomic E-state index is 15.1. The number of aromatic nitrogens is 1. The molecule has 12 heteroatoms. The fourth-order valence-electron chi connectivity index (χ4n) is 3.70. The van der Waals surface area contributed by atoms with Crippen molar-refractivity contribution >= 4 is 50.7 Å². The van der Waals surface area contributed by atoms with Crippen molar-refractivity contribution in [2.75, 3.05) is 44.8 Å². The van der Waals surface area contributed by atoms with Gasteiger partial charge in [-0.2, -0.15) is 0 Å². The summed E-state index contributed by atoms with van der Waals surface area (Å²) in [6, 6.07) is 10.4. The minimum Gasteiger partial charge on any atom is -0.871 e. The lowest BCUT2D eigenvalue weighted by molar-refractivity contribution is -0.870. The fourth-order valence-corrected chi connectivity index (χ4v) is 4.95. The van der Waals surface area contributed by atoms with Gasteiger partial charge in [-0.25, -0.2) is 27.2 Å².